The van der Waals surface area contributed by atoms with Gasteiger partial charge in [-0.25, -0.2) is 8.42 Å². The fourth-order valence-electron chi connectivity index (χ4n) is 3.30. The maximum absolute atomic E-state index is 12.6. The molecule has 0 aliphatic carbocycles. The van der Waals surface area contributed by atoms with Gasteiger partial charge in [0.2, 0.25) is 19.4 Å². The molecule has 0 bridgehead atoms. The van der Waals surface area contributed by atoms with Crippen molar-refractivity contribution < 1.29 is 13.2 Å². The Hall–Kier alpha value is -2.69. The summed E-state index contributed by atoms with van der Waals surface area (Å²) in [5, 5.41) is 14.3. The number of halogens is 1. The standard InChI is InChI=1S/C20H18ClN5O3S2/c1-4-31(28,29)20-24-26-17(22)16(18(27)23-19(26)30-20)10-13-9-11(2)25(12(13)3)15-7-5-14(21)6-8-15/h5-10,22H,4H2,1-3H3/b16-10-,22-17?. The van der Waals surface area contributed by atoms with Crippen LogP contribution >= 0.6 is 23.4 Å². The molecule has 0 saturated carbocycles. The molecule has 2 aromatic rings. The van der Waals surface area contributed by atoms with Gasteiger partial charge in [0.05, 0.1) is 11.3 Å². The van der Waals surface area contributed by atoms with E-state index in [0.29, 0.717) is 5.02 Å². The van der Waals surface area contributed by atoms with Crippen molar-refractivity contribution in [3.8, 4) is 5.69 Å². The van der Waals surface area contributed by atoms with Crippen molar-refractivity contribution in [1.29, 1.82) is 5.41 Å². The van der Waals surface area contributed by atoms with Gasteiger partial charge < -0.3 is 4.57 Å². The molecule has 2 aliphatic rings. The number of nitrogens with zero attached hydrogens (tertiary/aromatic N) is 4. The van der Waals surface area contributed by atoms with Crippen LogP contribution in [0.25, 0.3) is 11.8 Å². The minimum atomic E-state index is -3.57. The zero-order valence-electron chi connectivity index (χ0n) is 16.9. The Morgan fingerprint density at radius 3 is 2.55 bits per heavy atom. The van der Waals surface area contributed by atoms with Crippen LogP contribution in [0, 0.1) is 19.3 Å². The first-order chi connectivity index (χ1) is 14.6. The van der Waals surface area contributed by atoms with Crippen LogP contribution in [0.1, 0.15) is 23.9 Å². The summed E-state index contributed by atoms with van der Waals surface area (Å²) in [6.45, 7) is 5.36. The van der Waals surface area contributed by atoms with E-state index in [1.165, 1.54) is 6.92 Å². The first-order valence-electron chi connectivity index (χ1n) is 9.30. The van der Waals surface area contributed by atoms with E-state index in [0.717, 1.165) is 39.4 Å². The number of carbonyl (C=O) groups excluding carboxylic acids is 1. The average molecular weight is 476 g/mol. The van der Waals surface area contributed by atoms with Gasteiger partial charge in [0.25, 0.3) is 5.91 Å². The molecule has 0 spiro atoms. The SMILES string of the molecule is CCS(=O)(=O)C1=NN2C(=N)/C(=C/c3cc(C)n(-c4ccc(Cl)cc4)c3C)C(=O)N=C2S1. The number of hydrazone groups is 1. The van der Waals surface area contributed by atoms with Crippen LogP contribution in [0.2, 0.25) is 5.02 Å². The Morgan fingerprint density at radius 1 is 1.23 bits per heavy atom. The molecule has 31 heavy (non-hydrogen) atoms. The fourth-order valence-corrected chi connectivity index (χ4v) is 5.59. The first-order valence-corrected chi connectivity index (χ1v) is 12.1. The van der Waals surface area contributed by atoms with Gasteiger partial charge >= 0.3 is 0 Å². The molecule has 0 radical (unpaired) electrons. The Kier molecular flexibility index (Phi) is 5.40. The van der Waals surface area contributed by atoms with Gasteiger partial charge in [-0.15, -0.1) is 5.10 Å². The molecule has 11 heteroatoms. The van der Waals surface area contributed by atoms with Crippen LogP contribution in [0.4, 0.5) is 0 Å². The van der Waals surface area contributed by atoms with Gasteiger partial charge in [-0.2, -0.15) is 10.0 Å². The van der Waals surface area contributed by atoms with E-state index in [9.17, 15) is 13.2 Å². The smallest absolute Gasteiger partial charge is 0.283 e. The lowest BCUT2D eigenvalue weighted by Crippen LogP contribution is -2.35. The monoisotopic (exact) mass is 475 g/mol. The molecular weight excluding hydrogens is 458 g/mol. The molecule has 1 N–H and O–H groups in total. The number of nitrogens with one attached hydrogen (secondary N) is 1. The van der Waals surface area contributed by atoms with Gasteiger partial charge in [-0.05, 0) is 67.6 Å². The molecule has 2 aliphatic heterocycles. The molecule has 0 fully saturated rings. The third kappa shape index (κ3) is 3.75. The van der Waals surface area contributed by atoms with Crippen LogP contribution < -0.4 is 0 Å². The Labute approximate surface area is 188 Å². The van der Waals surface area contributed by atoms with E-state index in [1.807, 2.05) is 36.6 Å². The Bertz CT molecular complexity index is 1320. The predicted molar refractivity (Wildman–Crippen MR) is 125 cm³/mol. The van der Waals surface area contributed by atoms with Crippen LogP contribution in [0.3, 0.4) is 0 Å². The lowest BCUT2D eigenvalue weighted by atomic mass is 10.1. The highest BCUT2D eigenvalue weighted by molar-refractivity contribution is 8.42. The minimum absolute atomic E-state index is 0.0413. The number of aliphatic imine (C=N–C) groups is 1. The van der Waals surface area contributed by atoms with Crippen molar-refractivity contribution in [2.24, 2.45) is 10.1 Å². The lowest BCUT2D eigenvalue weighted by molar-refractivity contribution is -0.114. The highest BCUT2D eigenvalue weighted by Gasteiger charge is 2.39. The number of sulfone groups is 1. The minimum Gasteiger partial charge on any atom is -0.318 e. The Morgan fingerprint density at radius 2 is 1.90 bits per heavy atom. The first kappa shape index (κ1) is 21.5. The maximum atomic E-state index is 12.6. The molecule has 8 nitrogen and oxygen atoms in total. The van der Waals surface area contributed by atoms with Gasteiger partial charge in [0.1, 0.15) is 0 Å². The zero-order chi connectivity index (χ0) is 22.5. The van der Waals surface area contributed by atoms with Crippen LogP contribution in [0.15, 0.2) is 46.0 Å². The number of fused-ring (bicyclic) bond motifs is 1. The number of aromatic nitrogens is 1. The number of thioether (sulfide) groups is 1. The molecule has 1 aromatic carbocycles. The molecule has 0 atom stereocenters. The maximum Gasteiger partial charge on any atom is 0.283 e. The van der Waals surface area contributed by atoms with E-state index in [4.69, 9.17) is 17.0 Å². The number of amides is 1. The number of hydrogen-bond donors (Lipinski definition) is 1. The highest BCUT2D eigenvalue weighted by Crippen LogP contribution is 2.31. The van der Waals surface area contributed by atoms with Crippen molar-refractivity contribution in [2.45, 2.75) is 20.8 Å². The number of amidine groups is 2. The fraction of sp³-hybridized carbons (Fsp3) is 0.200. The van der Waals surface area contributed by atoms with Crippen molar-refractivity contribution in [3.63, 3.8) is 0 Å². The second kappa shape index (κ2) is 7.77. The zero-order valence-corrected chi connectivity index (χ0v) is 19.3. The van der Waals surface area contributed by atoms with Crippen molar-refractivity contribution >= 4 is 60.6 Å². The number of aryl methyl sites for hydroxylation is 1. The summed E-state index contributed by atoms with van der Waals surface area (Å²) >= 11 is 6.77. The van der Waals surface area contributed by atoms with Crippen LogP contribution in [-0.4, -0.2) is 45.0 Å². The van der Waals surface area contributed by atoms with Crippen molar-refractivity contribution in [1.82, 2.24) is 9.58 Å². The summed E-state index contributed by atoms with van der Waals surface area (Å²) in [5.41, 5.74) is 3.52. The van der Waals surface area contributed by atoms with Crippen molar-refractivity contribution in [3.05, 3.63) is 57.9 Å². The number of rotatable bonds is 3. The normalized spacial score (nSPS) is 17.8. The van der Waals surface area contributed by atoms with E-state index in [1.54, 1.807) is 18.2 Å². The third-order valence-corrected chi connectivity index (χ3v) is 8.28. The highest BCUT2D eigenvalue weighted by atomic mass is 35.5. The molecule has 160 valence electrons. The molecular formula is C20H18ClN5O3S2. The molecule has 0 unspecified atom stereocenters. The molecule has 1 aromatic heterocycles. The molecule has 1 amide bonds. The van der Waals surface area contributed by atoms with Crippen LogP contribution in [-0.2, 0) is 14.6 Å². The summed E-state index contributed by atoms with van der Waals surface area (Å²) in [7, 11) is -3.57. The molecule has 4 rings (SSSR count). The van der Waals surface area contributed by atoms with Gasteiger partial charge in [-0.3, -0.25) is 10.2 Å². The average Bonchev–Trinajstić information content (AvgIpc) is 3.27. The summed E-state index contributed by atoms with van der Waals surface area (Å²) in [5.74, 6) is -0.939. The van der Waals surface area contributed by atoms with Gasteiger partial charge in [-0.1, -0.05) is 18.5 Å². The second-order valence-corrected chi connectivity index (χ2v) is 10.8. The predicted octanol–water partition coefficient (Wildman–Crippen LogP) is 3.76. The van der Waals surface area contributed by atoms with E-state index < -0.39 is 15.7 Å². The topological polar surface area (TPSA) is 108 Å². The molecule has 3 heterocycles. The summed E-state index contributed by atoms with van der Waals surface area (Å²) in [6.07, 6.45) is 1.59. The summed E-state index contributed by atoms with van der Waals surface area (Å²) < 4.78 is 26.1. The third-order valence-electron chi connectivity index (χ3n) is 4.94. The summed E-state index contributed by atoms with van der Waals surface area (Å²) in [4.78, 5) is 16.6. The lowest BCUT2D eigenvalue weighted by Gasteiger charge is -2.20. The van der Waals surface area contributed by atoms with Gasteiger partial charge in [0, 0.05) is 22.1 Å². The quantitative estimate of drug-likeness (QED) is 0.680. The largest absolute Gasteiger partial charge is 0.318 e. The Balaban J connectivity index is 1.74. The van der Waals surface area contributed by atoms with Crippen LogP contribution in [0.5, 0.6) is 0 Å². The number of benzene rings is 1. The second-order valence-electron chi connectivity index (χ2n) is 6.93. The van der Waals surface area contributed by atoms with Crippen molar-refractivity contribution in [2.75, 3.05) is 5.75 Å². The van der Waals surface area contributed by atoms with E-state index in [2.05, 4.69) is 10.1 Å². The molecule has 0 saturated heterocycles. The number of carbonyl (C=O) groups is 1. The van der Waals surface area contributed by atoms with E-state index in [-0.39, 0.29) is 26.7 Å². The number of hydrogen-bond acceptors (Lipinski definition) is 6. The summed E-state index contributed by atoms with van der Waals surface area (Å²) in [6, 6.07) is 9.31. The van der Waals surface area contributed by atoms with Gasteiger partial charge in [0.15, 0.2) is 5.84 Å². The van der Waals surface area contributed by atoms with E-state index >= 15 is 0 Å².